The maximum Gasteiger partial charge on any atom is 0.423 e. The summed E-state index contributed by atoms with van der Waals surface area (Å²) in [5.41, 5.74) is -5.28. The van der Waals surface area contributed by atoms with Gasteiger partial charge in [0.2, 0.25) is 0 Å². The van der Waals surface area contributed by atoms with Gasteiger partial charge in [0.05, 0.1) is 47.6 Å². The number of aromatic amines is 1. The second-order valence-electron chi connectivity index (χ2n) is 8.68. The minimum Gasteiger partial charge on any atom is -0.394 e. The molecular weight excluding hydrogens is 553 g/mol. The van der Waals surface area contributed by atoms with Crippen molar-refractivity contribution in [3.63, 3.8) is 0 Å². The fourth-order valence-electron chi connectivity index (χ4n) is 4.00. The Kier molecular flexibility index (Phi) is 8.18. The minimum absolute atomic E-state index is 0.138. The molecule has 0 radical (unpaired) electrons. The van der Waals surface area contributed by atoms with E-state index in [1.165, 1.54) is 18.3 Å². The van der Waals surface area contributed by atoms with Gasteiger partial charge in [-0.15, -0.1) is 0 Å². The van der Waals surface area contributed by atoms with Crippen molar-refractivity contribution < 1.29 is 35.8 Å². The molecule has 4 rings (SSSR count). The summed E-state index contributed by atoms with van der Waals surface area (Å²) in [6.45, 7) is -1.40. The molecule has 0 aliphatic heterocycles. The quantitative estimate of drug-likeness (QED) is 0.260. The number of aromatic nitrogens is 5. The highest BCUT2D eigenvalue weighted by Gasteiger charge is 2.38. The number of hydrogen-bond donors (Lipinski definition) is 3. The largest absolute Gasteiger partial charge is 0.423 e. The summed E-state index contributed by atoms with van der Waals surface area (Å²) < 4.78 is 95.9. The van der Waals surface area contributed by atoms with Gasteiger partial charge in [0.15, 0.2) is 5.82 Å². The maximum absolute atomic E-state index is 14.9. The number of hydrogen-bond acceptors (Lipinski definition) is 7. The molecule has 0 fully saturated rings. The number of nitrogens with zero attached hydrogens (tertiary/aromatic N) is 4. The molecule has 0 aliphatic rings. The van der Waals surface area contributed by atoms with Gasteiger partial charge in [0.1, 0.15) is 17.6 Å². The van der Waals surface area contributed by atoms with Gasteiger partial charge >= 0.3 is 6.18 Å². The van der Waals surface area contributed by atoms with Crippen LogP contribution in [0.5, 0.6) is 0 Å². The standard InChI is InChI=1S/C24H19F7N6O3/c25-13(4-14(10-38)35-18-8-34-36-22(39)19(18)24(29,30)31)9-37-2-1-11-3-16(17(26)5-15(11)23(37)40)21-32-6-12(7-33-21)20(27)28/h1-3,5-8,13-14,20,38H,4,9-10H2,(H2,35,36,39)/t13-,14+/m0/s1. The van der Waals surface area contributed by atoms with Gasteiger partial charge in [0, 0.05) is 25.0 Å². The highest BCUT2D eigenvalue weighted by Crippen LogP contribution is 2.32. The number of pyridine rings is 1. The topological polar surface area (TPSA) is 126 Å². The van der Waals surface area contributed by atoms with Crippen molar-refractivity contribution in [2.24, 2.45) is 0 Å². The molecule has 0 saturated heterocycles. The number of anilines is 1. The van der Waals surface area contributed by atoms with E-state index in [4.69, 9.17) is 0 Å². The van der Waals surface area contributed by atoms with Crippen molar-refractivity contribution in [1.82, 2.24) is 24.7 Å². The first kappa shape index (κ1) is 28.7. The van der Waals surface area contributed by atoms with Crippen molar-refractivity contribution in [2.45, 2.75) is 37.8 Å². The van der Waals surface area contributed by atoms with Crippen LogP contribution < -0.4 is 16.4 Å². The first-order chi connectivity index (χ1) is 18.9. The molecule has 9 nitrogen and oxygen atoms in total. The first-order valence-electron chi connectivity index (χ1n) is 11.5. The van der Waals surface area contributed by atoms with Crippen LogP contribution in [-0.4, -0.2) is 48.7 Å². The number of aliphatic hydroxyl groups excluding tert-OH is 1. The molecule has 40 heavy (non-hydrogen) atoms. The van der Waals surface area contributed by atoms with E-state index in [1.807, 2.05) is 0 Å². The summed E-state index contributed by atoms with van der Waals surface area (Å²) in [6, 6.07) is 2.20. The molecule has 0 bridgehead atoms. The molecule has 3 N–H and O–H groups in total. The van der Waals surface area contributed by atoms with Gasteiger partial charge in [-0.1, -0.05) is 0 Å². The fourth-order valence-corrected chi connectivity index (χ4v) is 4.00. The molecule has 0 aliphatic carbocycles. The van der Waals surface area contributed by atoms with E-state index in [9.17, 15) is 45.4 Å². The molecule has 3 heterocycles. The Morgan fingerprint density at radius 2 is 1.77 bits per heavy atom. The molecule has 0 saturated carbocycles. The fraction of sp³-hybridized carbons (Fsp3) is 0.292. The lowest BCUT2D eigenvalue weighted by atomic mass is 10.1. The second kappa shape index (κ2) is 11.4. The van der Waals surface area contributed by atoms with E-state index in [0.717, 1.165) is 23.0 Å². The van der Waals surface area contributed by atoms with Crippen LogP contribution in [0.3, 0.4) is 0 Å². The van der Waals surface area contributed by atoms with Crippen LogP contribution in [0.2, 0.25) is 0 Å². The second-order valence-corrected chi connectivity index (χ2v) is 8.68. The molecule has 212 valence electrons. The average Bonchev–Trinajstić information content (AvgIpc) is 2.89. The molecule has 0 unspecified atom stereocenters. The van der Waals surface area contributed by atoms with Gasteiger partial charge in [-0.2, -0.15) is 18.3 Å². The van der Waals surface area contributed by atoms with Crippen molar-refractivity contribution in [1.29, 1.82) is 0 Å². The first-order valence-corrected chi connectivity index (χ1v) is 11.5. The Hall–Kier alpha value is -4.34. The Bertz CT molecular complexity index is 1620. The monoisotopic (exact) mass is 572 g/mol. The summed E-state index contributed by atoms with van der Waals surface area (Å²) >= 11 is 0. The molecule has 4 aromatic rings. The minimum atomic E-state index is -5.05. The third-order valence-electron chi connectivity index (χ3n) is 5.88. The van der Waals surface area contributed by atoms with E-state index >= 15 is 0 Å². The third kappa shape index (κ3) is 6.11. The van der Waals surface area contributed by atoms with E-state index in [-0.39, 0.29) is 22.2 Å². The zero-order chi connectivity index (χ0) is 29.2. The van der Waals surface area contributed by atoms with Crippen LogP contribution in [0.25, 0.3) is 22.2 Å². The molecule has 2 atom stereocenters. The smallest absolute Gasteiger partial charge is 0.394 e. The van der Waals surface area contributed by atoms with Crippen LogP contribution in [0.4, 0.5) is 36.4 Å². The van der Waals surface area contributed by atoms with Crippen molar-refractivity contribution in [3.8, 4) is 11.4 Å². The highest BCUT2D eigenvalue weighted by molar-refractivity contribution is 5.86. The number of halogens is 7. The Labute approximate surface area is 219 Å². The van der Waals surface area contributed by atoms with Crippen molar-refractivity contribution in [2.75, 3.05) is 11.9 Å². The molecule has 3 aromatic heterocycles. The summed E-state index contributed by atoms with van der Waals surface area (Å²) in [7, 11) is 0. The predicted octanol–water partition coefficient (Wildman–Crippen LogP) is 3.84. The number of H-pyrrole nitrogens is 1. The van der Waals surface area contributed by atoms with E-state index in [0.29, 0.717) is 6.20 Å². The zero-order valence-corrected chi connectivity index (χ0v) is 20.1. The summed E-state index contributed by atoms with van der Waals surface area (Å²) in [5.74, 6) is -1.12. The van der Waals surface area contributed by atoms with Gasteiger partial charge < -0.3 is 15.0 Å². The SMILES string of the molecule is O=c1[nH]ncc(N[C@@H](CO)C[C@H](F)Cn2ccc3cc(-c4ncc(C(F)F)cn4)c(F)cc3c2=O)c1C(F)(F)F. The van der Waals surface area contributed by atoms with Gasteiger partial charge in [-0.3, -0.25) is 9.59 Å². The molecular formula is C24H19F7N6O3. The number of aliphatic hydroxyl groups is 1. The van der Waals surface area contributed by atoms with Gasteiger partial charge in [-0.25, -0.2) is 32.6 Å². The summed E-state index contributed by atoms with van der Waals surface area (Å²) in [4.78, 5) is 32.0. The van der Waals surface area contributed by atoms with E-state index < -0.39 is 78.1 Å². The van der Waals surface area contributed by atoms with Gasteiger partial charge in [-0.05, 0) is 23.6 Å². The van der Waals surface area contributed by atoms with E-state index in [1.54, 1.807) is 5.10 Å². The van der Waals surface area contributed by atoms with Crippen LogP contribution in [0.1, 0.15) is 24.0 Å². The van der Waals surface area contributed by atoms with Crippen molar-refractivity contribution >= 4 is 16.5 Å². The van der Waals surface area contributed by atoms with Crippen LogP contribution in [0, 0.1) is 5.82 Å². The Morgan fingerprint density at radius 3 is 2.40 bits per heavy atom. The van der Waals surface area contributed by atoms with Crippen LogP contribution in [0.15, 0.2) is 52.6 Å². The predicted molar refractivity (Wildman–Crippen MR) is 128 cm³/mol. The normalized spacial score (nSPS) is 13.5. The lowest BCUT2D eigenvalue weighted by molar-refractivity contribution is -0.138. The lowest BCUT2D eigenvalue weighted by Crippen LogP contribution is -2.33. The molecule has 0 amide bonds. The number of fused-ring (bicyclic) bond motifs is 1. The number of nitrogens with one attached hydrogen (secondary N) is 2. The Morgan fingerprint density at radius 1 is 1.07 bits per heavy atom. The highest BCUT2D eigenvalue weighted by atomic mass is 19.4. The molecule has 0 spiro atoms. The van der Waals surface area contributed by atoms with E-state index in [2.05, 4.69) is 20.4 Å². The summed E-state index contributed by atoms with van der Waals surface area (Å²) in [5, 5.41) is 16.9. The maximum atomic E-state index is 14.9. The number of alkyl halides is 6. The van der Waals surface area contributed by atoms with Crippen LogP contribution >= 0.6 is 0 Å². The average molecular weight is 572 g/mol. The van der Waals surface area contributed by atoms with Gasteiger partial charge in [0.25, 0.3) is 17.5 Å². The van der Waals surface area contributed by atoms with Crippen LogP contribution in [-0.2, 0) is 12.7 Å². The van der Waals surface area contributed by atoms with Crippen molar-refractivity contribution in [3.05, 3.63) is 80.6 Å². The molecule has 16 heteroatoms. The zero-order valence-electron chi connectivity index (χ0n) is 20.1. The third-order valence-corrected chi connectivity index (χ3v) is 5.88. The number of benzene rings is 1. The number of rotatable bonds is 9. The summed E-state index contributed by atoms with van der Waals surface area (Å²) in [6.07, 6.45) is -6.71. The lowest BCUT2D eigenvalue weighted by Gasteiger charge is -2.22. The molecule has 1 aromatic carbocycles. The Balaban J connectivity index is 1.53.